The molecule has 0 radical (unpaired) electrons. The van der Waals surface area contributed by atoms with E-state index in [-0.39, 0.29) is 22.4 Å². The van der Waals surface area contributed by atoms with Crippen LogP contribution in [-0.2, 0) is 4.79 Å². The number of anilines is 1. The molecule has 3 rings (SSSR count). The van der Waals surface area contributed by atoms with Crippen molar-refractivity contribution in [2.24, 2.45) is 0 Å². The molecule has 6 nitrogen and oxygen atoms in total. The summed E-state index contributed by atoms with van der Waals surface area (Å²) in [7, 11) is 0. The Morgan fingerprint density at radius 1 is 1.17 bits per heavy atom. The lowest BCUT2D eigenvalue weighted by Gasteiger charge is -2.16. The lowest BCUT2D eigenvalue weighted by molar-refractivity contribution is -0.385. The molecular formula is C17H13N3O3S. The van der Waals surface area contributed by atoms with Crippen molar-refractivity contribution in [1.29, 1.82) is 0 Å². The number of benzene rings is 2. The highest BCUT2D eigenvalue weighted by Gasteiger charge is 2.33. The number of amides is 1. The van der Waals surface area contributed by atoms with Crippen molar-refractivity contribution < 1.29 is 9.72 Å². The molecule has 0 unspecified atom stereocenters. The summed E-state index contributed by atoms with van der Waals surface area (Å²) in [5.74, 6) is -0.340. The quantitative estimate of drug-likeness (QED) is 0.402. The maximum absolute atomic E-state index is 12.7. The molecule has 7 heteroatoms. The summed E-state index contributed by atoms with van der Waals surface area (Å²) in [5.41, 5.74) is 2.07. The first kappa shape index (κ1) is 15.8. The molecule has 0 bridgehead atoms. The highest BCUT2D eigenvalue weighted by Crippen LogP contribution is 2.27. The van der Waals surface area contributed by atoms with Gasteiger partial charge in [-0.3, -0.25) is 19.8 Å². The number of hydrogen-bond donors (Lipinski definition) is 1. The van der Waals surface area contributed by atoms with E-state index >= 15 is 0 Å². The maximum Gasteiger partial charge on any atom is 0.281 e. The number of thiocarbonyl (C=S) groups is 1. The van der Waals surface area contributed by atoms with Crippen molar-refractivity contribution >= 4 is 40.7 Å². The molecule has 2 aromatic carbocycles. The minimum Gasteiger partial charge on any atom is -0.327 e. The van der Waals surface area contributed by atoms with Crippen LogP contribution in [0.1, 0.15) is 11.1 Å². The lowest BCUT2D eigenvalue weighted by Crippen LogP contribution is -2.30. The normalized spacial score (nSPS) is 15.7. The van der Waals surface area contributed by atoms with E-state index in [0.29, 0.717) is 11.3 Å². The molecule has 24 heavy (non-hydrogen) atoms. The van der Waals surface area contributed by atoms with Crippen LogP contribution < -0.4 is 10.2 Å². The SMILES string of the molecule is Cc1ccccc1N1C(=O)/C(=C\c2ccccc2[N+](=O)[O-])NC1=S. The van der Waals surface area contributed by atoms with Crippen LogP contribution in [0.2, 0.25) is 0 Å². The standard InChI is InChI=1S/C17H13N3O3S/c1-11-6-2-4-8-14(11)19-16(21)13(18-17(19)24)10-12-7-3-5-9-15(12)20(22)23/h2-10H,1H3,(H,18,24)/b13-10+. The predicted octanol–water partition coefficient (Wildman–Crippen LogP) is 3.17. The zero-order chi connectivity index (χ0) is 17.3. The zero-order valence-electron chi connectivity index (χ0n) is 12.7. The summed E-state index contributed by atoms with van der Waals surface area (Å²) in [6.45, 7) is 1.88. The van der Waals surface area contributed by atoms with Gasteiger partial charge < -0.3 is 5.32 Å². The molecule has 0 atom stereocenters. The number of carbonyl (C=O) groups excluding carboxylic acids is 1. The third kappa shape index (κ3) is 2.77. The molecule has 0 spiro atoms. The van der Waals surface area contributed by atoms with Crippen LogP contribution in [0, 0.1) is 17.0 Å². The van der Waals surface area contributed by atoms with E-state index in [4.69, 9.17) is 12.2 Å². The number of carbonyl (C=O) groups is 1. The van der Waals surface area contributed by atoms with E-state index in [1.54, 1.807) is 24.3 Å². The molecule has 2 aromatic rings. The smallest absolute Gasteiger partial charge is 0.281 e. The Balaban J connectivity index is 2.01. The highest BCUT2D eigenvalue weighted by molar-refractivity contribution is 7.80. The lowest BCUT2D eigenvalue weighted by atomic mass is 10.1. The molecule has 1 N–H and O–H groups in total. The number of rotatable bonds is 3. The second-order valence-electron chi connectivity index (χ2n) is 5.23. The number of nitro benzene ring substituents is 1. The Labute approximate surface area is 143 Å². The van der Waals surface area contributed by atoms with Gasteiger partial charge in [0, 0.05) is 6.07 Å². The second-order valence-corrected chi connectivity index (χ2v) is 5.62. The molecule has 1 saturated heterocycles. The van der Waals surface area contributed by atoms with Gasteiger partial charge in [0.1, 0.15) is 5.70 Å². The van der Waals surface area contributed by atoms with Gasteiger partial charge in [-0.15, -0.1) is 0 Å². The van der Waals surface area contributed by atoms with Gasteiger partial charge in [0.15, 0.2) is 5.11 Å². The average molecular weight is 339 g/mol. The monoisotopic (exact) mass is 339 g/mol. The summed E-state index contributed by atoms with van der Waals surface area (Å²) in [4.78, 5) is 24.7. The number of aryl methyl sites for hydroxylation is 1. The molecule has 1 amide bonds. The van der Waals surface area contributed by atoms with Crippen LogP contribution in [0.25, 0.3) is 6.08 Å². The summed E-state index contributed by atoms with van der Waals surface area (Å²) >= 11 is 5.26. The predicted molar refractivity (Wildman–Crippen MR) is 95.5 cm³/mol. The van der Waals surface area contributed by atoms with Gasteiger partial charge in [0.2, 0.25) is 0 Å². The Morgan fingerprint density at radius 3 is 2.54 bits per heavy atom. The van der Waals surface area contributed by atoms with E-state index in [0.717, 1.165) is 5.56 Å². The molecule has 1 aliphatic heterocycles. The van der Waals surface area contributed by atoms with Crippen molar-refractivity contribution in [3.63, 3.8) is 0 Å². The summed E-state index contributed by atoms with van der Waals surface area (Å²) < 4.78 is 0. The van der Waals surface area contributed by atoms with E-state index in [1.807, 2.05) is 25.1 Å². The van der Waals surface area contributed by atoms with Gasteiger partial charge >= 0.3 is 0 Å². The number of para-hydroxylation sites is 2. The maximum atomic E-state index is 12.7. The van der Waals surface area contributed by atoms with Crippen LogP contribution in [0.15, 0.2) is 54.2 Å². The van der Waals surface area contributed by atoms with Crippen molar-refractivity contribution in [3.05, 3.63) is 75.5 Å². The van der Waals surface area contributed by atoms with Gasteiger partial charge in [-0.2, -0.15) is 0 Å². The van der Waals surface area contributed by atoms with Crippen molar-refractivity contribution in [2.75, 3.05) is 4.90 Å². The fourth-order valence-corrected chi connectivity index (χ4v) is 2.79. The highest BCUT2D eigenvalue weighted by atomic mass is 32.1. The third-order valence-corrected chi connectivity index (χ3v) is 3.95. The number of nitrogens with one attached hydrogen (secondary N) is 1. The molecule has 0 aromatic heterocycles. The minimum absolute atomic E-state index is 0.0696. The van der Waals surface area contributed by atoms with Crippen LogP contribution in [0.4, 0.5) is 11.4 Å². The molecule has 120 valence electrons. The van der Waals surface area contributed by atoms with Crippen molar-refractivity contribution in [1.82, 2.24) is 5.32 Å². The largest absolute Gasteiger partial charge is 0.327 e. The van der Waals surface area contributed by atoms with E-state index < -0.39 is 4.92 Å². The third-order valence-electron chi connectivity index (χ3n) is 3.67. The fourth-order valence-electron chi connectivity index (χ4n) is 2.50. The Morgan fingerprint density at radius 2 is 1.83 bits per heavy atom. The zero-order valence-corrected chi connectivity index (χ0v) is 13.5. The fraction of sp³-hybridized carbons (Fsp3) is 0.0588. The topological polar surface area (TPSA) is 75.5 Å². The Kier molecular flexibility index (Phi) is 4.09. The Bertz CT molecular complexity index is 892. The molecule has 0 aliphatic carbocycles. The molecule has 1 heterocycles. The molecule has 0 saturated carbocycles. The van der Waals surface area contributed by atoms with Crippen LogP contribution in [0.3, 0.4) is 0 Å². The van der Waals surface area contributed by atoms with Crippen LogP contribution in [0.5, 0.6) is 0 Å². The number of nitro groups is 1. The van der Waals surface area contributed by atoms with E-state index in [1.165, 1.54) is 17.0 Å². The average Bonchev–Trinajstić information content (AvgIpc) is 2.82. The van der Waals surface area contributed by atoms with Crippen LogP contribution >= 0.6 is 12.2 Å². The van der Waals surface area contributed by atoms with Gasteiger partial charge in [0.25, 0.3) is 11.6 Å². The summed E-state index contributed by atoms with van der Waals surface area (Å²) in [6.07, 6.45) is 1.45. The summed E-state index contributed by atoms with van der Waals surface area (Å²) in [6, 6.07) is 13.6. The van der Waals surface area contributed by atoms with Crippen molar-refractivity contribution in [2.45, 2.75) is 6.92 Å². The van der Waals surface area contributed by atoms with Gasteiger partial charge in [-0.1, -0.05) is 30.3 Å². The Hall–Kier alpha value is -3.06. The first-order chi connectivity index (χ1) is 11.5. The molecule has 1 fully saturated rings. The molecule has 1 aliphatic rings. The van der Waals surface area contributed by atoms with Gasteiger partial charge in [-0.05, 0) is 42.9 Å². The first-order valence-corrected chi connectivity index (χ1v) is 7.56. The van der Waals surface area contributed by atoms with Crippen molar-refractivity contribution in [3.8, 4) is 0 Å². The number of nitrogens with zero attached hydrogens (tertiary/aromatic N) is 2. The van der Waals surface area contributed by atoms with E-state index in [9.17, 15) is 14.9 Å². The van der Waals surface area contributed by atoms with Gasteiger partial charge in [0.05, 0.1) is 16.2 Å². The second kappa shape index (κ2) is 6.21. The minimum atomic E-state index is -0.483. The van der Waals surface area contributed by atoms with Crippen LogP contribution in [-0.4, -0.2) is 15.9 Å². The van der Waals surface area contributed by atoms with E-state index in [2.05, 4.69) is 5.32 Å². The van der Waals surface area contributed by atoms with Gasteiger partial charge in [-0.25, -0.2) is 0 Å². The first-order valence-electron chi connectivity index (χ1n) is 7.15. The summed E-state index contributed by atoms with van der Waals surface area (Å²) in [5, 5.41) is 14.2. The number of hydrogen-bond acceptors (Lipinski definition) is 4. The molecular weight excluding hydrogens is 326 g/mol.